The number of rotatable bonds is 3. The molecule has 0 radical (unpaired) electrons. The molecule has 1 unspecified atom stereocenters. The predicted molar refractivity (Wildman–Crippen MR) is 79.1 cm³/mol. The largest absolute Gasteiger partial charge is 0.328 e. The van der Waals surface area contributed by atoms with Crippen LogP contribution in [0.25, 0.3) is 0 Å². The SMILES string of the molecule is NCC1(NC2CC=CC2)CCS(=O)(=O)c2ccccc21. The van der Waals surface area contributed by atoms with Gasteiger partial charge in [0.15, 0.2) is 9.84 Å². The minimum Gasteiger partial charge on any atom is -0.328 e. The van der Waals surface area contributed by atoms with Gasteiger partial charge in [-0.25, -0.2) is 8.42 Å². The Bertz CT molecular complexity index is 631. The van der Waals surface area contributed by atoms with Crippen LogP contribution in [0.2, 0.25) is 0 Å². The molecule has 0 saturated heterocycles. The molecule has 0 amide bonds. The fourth-order valence-corrected chi connectivity index (χ4v) is 4.95. The molecule has 0 fully saturated rings. The average molecular weight is 292 g/mol. The van der Waals surface area contributed by atoms with Crippen molar-refractivity contribution in [1.29, 1.82) is 0 Å². The second-order valence-corrected chi connectivity index (χ2v) is 7.71. The van der Waals surface area contributed by atoms with Gasteiger partial charge in [0.1, 0.15) is 0 Å². The molecule has 1 heterocycles. The smallest absolute Gasteiger partial charge is 0.178 e. The number of sulfone groups is 1. The molecule has 0 bridgehead atoms. The summed E-state index contributed by atoms with van der Waals surface area (Å²) in [5, 5.41) is 3.62. The number of hydrogen-bond acceptors (Lipinski definition) is 4. The molecular weight excluding hydrogens is 272 g/mol. The number of hydrogen-bond donors (Lipinski definition) is 2. The topological polar surface area (TPSA) is 72.2 Å². The molecule has 3 rings (SSSR count). The zero-order chi connectivity index (χ0) is 14.2. The van der Waals surface area contributed by atoms with Gasteiger partial charge in [-0.05, 0) is 30.9 Å². The first-order valence-electron chi connectivity index (χ1n) is 7.02. The first-order chi connectivity index (χ1) is 9.57. The lowest BCUT2D eigenvalue weighted by molar-refractivity contribution is 0.280. The first kappa shape index (κ1) is 13.8. The van der Waals surface area contributed by atoms with Crippen LogP contribution in [0, 0.1) is 0 Å². The number of nitrogens with one attached hydrogen (secondary N) is 1. The highest BCUT2D eigenvalue weighted by Crippen LogP contribution is 2.37. The van der Waals surface area contributed by atoms with Gasteiger partial charge < -0.3 is 11.1 Å². The van der Waals surface area contributed by atoms with E-state index in [1.165, 1.54) is 0 Å². The first-order valence-corrected chi connectivity index (χ1v) is 8.68. The van der Waals surface area contributed by atoms with Crippen molar-refractivity contribution >= 4 is 9.84 Å². The summed E-state index contributed by atoms with van der Waals surface area (Å²) in [4.78, 5) is 0.440. The Labute approximate surface area is 120 Å². The second-order valence-electron chi connectivity index (χ2n) is 5.64. The van der Waals surface area contributed by atoms with E-state index in [0.717, 1.165) is 18.4 Å². The molecule has 2 aliphatic rings. The maximum absolute atomic E-state index is 12.2. The highest BCUT2D eigenvalue weighted by atomic mass is 32.2. The fraction of sp³-hybridized carbons (Fsp3) is 0.467. The Morgan fingerprint density at radius 2 is 1.95 bits per heavy atom. The molecule has 20 heavy (non-hydrogen) atoms. The summed E-state index contributed by atoms with van der Waals surface area (Å²) in [5.74, 6) is 0.161. The van der Waals surface area contributed by atoms with Crippen LogP contribution < -0.4 is 11.1 Å². The van der Waals surface area contributed by atoms with Crippen molar-refractivity contribution < 1.29 is 8.42 Å². The zero-order valence-electron chi connectivity index (χ0n) is 11.4. The van der Waals surface area contributed by atoms with Crippen molar-refractivity contribution in [2.45, 2.75) is 35.7 Å². The van der Waals surface area contributed by atoms with Crippen molar-refractivity contribution in [2.24, 2.45) is 5.73 Å². The summed E-state index contributed by atoms with van der Waals surface area (Å²) in [6.45, 7) is 0.413. The van der Waals surface area contributed by atoms with E-state index < -0.39 is 15.4 Å². The van der Waals surface area contributed by atoms with Crippen LogP contribution >= 0.6 is 0 Å². The van der Waals surface area contributed by atoms with Crippen LogP contribution in [0.1, 0.15) is 24.8 Å². The molecule has 108 valence electrons. The van der Waals surface area contributed by atoms with Crippen molar-refractivity contribution in [3.63, 3.8) is 0 Å². The van der Waals surface area contributed by atoms with Crippen LogP contribution in [0.4, 0.5) is 0 Å². The van der Waals surface area contributed by atoms with Gasteiger partial charge in [0.25, 0.3) is 0 Å². The molecule has 4 nitrogen and oxygen atoms in total. The van der Waals surface area contributed by atoms with Gasteiger partial charge in [-0.15, -0.1) is 0 Å². The summed E-state index contributed by atoms with van der Waals surface area (Å²) in [6, 6.07) is 7.61. The Hall–Kier alpha value is -1.17. The molecular formula is C15H20N2O2S. The molecule has 1 aromatic rings. The van der Waals surface area contributed by atoms with E-state index in [2.05, 4.69) is 17.5 Å². The van der Waals surface area contributed by atoms with E-state index in [9.17, 15) is 8.42 Å². The van der Waals surface area contributed by atoms with Crippen molar-refractivity contribution in [3.05, 3.63) is 42.0 Å². The minimum absolute atomic E-state index is 0.161. The molecule has 0 saturated carbocycles. The van der Waals surface area contributed by atoms with Gasteiger partial charge in [-0.1, -0.05) is 30.4 Å². The third kappa shape index (κ3) is 2.20. The van der Waals surface area contributed by atoms with Gasteiger partial charge in [-0.2, -0.15) is 0 Å². The van der Waals surface area contributed by atoms with Gasteiger partial charge in [0.05, 0.1) is 16.2 Å². The van der Waals surface area contributed by atoms with Crippen LogP contribution in [-0.2, 0) is 15.4 Å². The lowest BCUT2D eigenvalue weighted by Crippen LogP contribution is -2.55. The monoisotopic (exact) mass is 292 g/mol. The number of nitrogens with two attached hydrogens (primary N) is 1. The lowest BCUT2D eigenvalue weighted by Gasteiger charge is -2.41. The summed E-state index contributed by atoms with van der Waals surface area (Å²) in [6.07, 6.45) is 6.83. The maximum Gasteiger partial charge on any atom is 0.178 e. The molecule has 3 N–H and O–H groups in total. The standard InChI is InChI=1S/C15H20N2O2S/c16-11-15(17-12-5-1-2-6-12)9-10-20(18,19)14-8-4-3-7-13(14)15/h1-4,7-8,12,17H,5-6,9-11,16H2. The molecule has 1 aromatic carbocycles. The molecule has 1 aliphatic carbocycles. The molecule has 5 heteroatoms. The predicted octanol–water partition coefficient (Wildman–Crippen LogP) is 1.33. The quantitative estimate of drug-likeness (QED) is 0.824. The molecule has 1 atom stereocenters. The van der Waals surface area contributed by atoms with Gasteiger partial charge in [0, 0.05) is 12.6 Å². The lowest BCUT2D eigenvalue weighted by atomic mass is 9.85. The van der Waals surface area contributed by atoms with E-state index >= 15 is 0 Å². The summed E-state index contributed by atoms with van der Waals surface area (Å²) >= 11 is 0. The Kier molecular flexibility index (Phi) is 3.44. The van der Waals surface area contributed by atoms with E-state index in [0.29, 0.717) is 23.9 Å². The summed E-state index contributed by atoms with van der Waals surface area (Å²) in [7, 11) is -3.17. The average Bonchev–Trinajstić information content (AvgIpc) is 2.96. The summed E-state index contributed by atoms with van der Waals surface area (Å²) in [5.41, 5.74) is 6.46. The van der Waals surface area contributed by atoms with E-state index in [4.69, 9.17) is 5.73 Å². The van der Waals surface area contributed by atoms with Gasteiger partial charge in [0.2, 0.25) is 0 Å². The molecule has 0 spiro atoms. The highest BCUT2D eigenvalue weighted by molar-refractivity contribution is 7.91. The van der Waals surface area contributed by atoms with Gasteiger partial charge >= 0.3 is 0 Å². The van der Waals surface area contributed by atoms with Crippen LogP contribution in [0.5, 0.6) is 0 Å². The van der Waals surface area contributed by atoms with Crippen LogP contribution in [-0.4, -0.2) is 26.8 Å². The third-order valence-corrected chi connectivity index (χ3v) is 6.14. The fourth-order valence-electron chi connectivity index (χ4n) is 3.23. The summed E-state index contributed by atoms with van der Waals surface area (Å²) < 4.78 is 24.5. The van der Waals surface area contributed by atoms with Crippen molar-refractivity contribution in [2.75, 3.05) is 12.3 Å². The van der Waals surface area contributed by atoms with E-state index in [-0.39, 0.29) is 5.75 Å². The normalized spacial score (nSPS) is 28.4. The van der Waals surface area contributed by atoms with Crippen LogP contribution in [0.15, 0.2) is 41.3 Å². The molecule has 0 aromatic heterocycles. The highest BCUT2D eigenvalue weighted by Gasteiger charge is 2.42. The maximum atomic E-state index is 12.2. The Balaban J connectivity index is 2.03. The Morgan fingerprint density at radius 3 is 2.65 bits per heavy atom. The Morgan fingerprint density at radius 1 is 1.25 bits per heavy atom. The van der Waals surface area contributed by atoms with Crippen molar-refractivity contribution in [1.82, 2.24) is 5.32 Å². The molecule has 1 aliphatic heterocycles. The van der Waals surface area contributed by atoms with Gasteiger partial charge in [-0.3, -0.25) is 0 Å². The minimum atomic E-state index is -3.17. The van der Waals surface area contributed by atoms with Crippen molar-refractivity contribution in [3.8, 4) is 0 Å². The van der Waals surface area contributed by atoms with E-state index in [1.54, 1.807) is 12.1 Å². The van der Waals surface area contributed by atoms with Crippen LogP contribution in [0.3, 0.4) is 0 Å². The second kappa shape index (κ2) is 4.98. The zero-order valence-corrected chi connectivity index (χ0v) is 12.2. The third-order valence-electron chi connectivity index (χ3n) is 4.37. The van der Waals surface area contributed by atoms with E-state index in [1.807, 2.05) is 12.1 Å². The number of benzene rings is 1. The number of fused-ring (bicyclic) bond motifs is 1.